The van der Waals surface area contributed by atoms with E-state index >= 15 is 0 Å². The van der Waals surface area contributed by atoms with Crippen LogP contribution >= 0.6 is 0 Å². The topological polar surface area (TPSA) is 158 Å². The highest BCUT2D eigenvalue weighted by atomic mass is 16.7. The maximum atomic E-state index is 11.9. The van der Waals surface area contributed by atoms with Gasteiger partial charge in [-0.15, -0.1) is 0 Å². The summed E-state index contributed by atoms with van der Waals surface area (Å²) in [7, 11) is 2.80. The lowest BCUT2D eigenvalue weighted by Crippen LogP contribution is -2.31. The zero-order valence-electron chi connectivity index (χ0n) is 17.3. The highest BCUT2D eigenvalue weighted by Gasteiger charge is 2.43. The van der Waals surface area contributed by atoms with Gasteiger partial charge in [-0.05, 0) is 31.8 Å². The summed E-state index contributed by atoms with van der Waals surface area (Å²) in [5, 5.41) is 22.0. The summed E-state index contributed by atoms with van der Waals surface area (Å²) in [5.41, 5.74) is 6.68. The van der Waals surface area contributed by atoms with E-state index in [1.165, 1.54) is 37.2 Å². The minimum absolute atomic E-state index is 0.0423. The predicted molar refractivity (Wildman–Crippen MR) is 107 cm³/mol. The molecule has 168 valence electrons. The number of likely N-dealkylation sites (N-methyl/N-ethyl adjacent to an activating group) is 1. The number of aliphatic hydroxyl groups is 2. The van der Waals surface area contributed by atoms with Gasteiger partial charge in [0.15, 0.2) is 23.2 Å². The van der Waals surface area contributed by atoms with Crippen LogP contribution in [0.25, 0.3) is 11.2 Å². The molecule has 0 radical (unpaired) electrons. The van der Waals surface area contributed by atoms with Gasteiger partial charge < -0.3 is 25.4 Å². The maximum Gasteiger partial charge on any atom is 0.320 e. The fraction of sp³-hybridized carbons (Fsp3) is 0.579. The number of imidazole rings is 1. The Morgan fingerprint density at radius 1 is 1.32 bits per heavy atom. The van der Waals surface area contributed by atoms with Gasteiger partial charge in [0, 0.05) is 13.1 Å². The van der Waals surface area contributed by atoms with E-state index in [4.69, 9.17) is 20.0 Å². The number of amides is 1. The number of ether oxygens (including phenoxy) is 2. The summed E-state index contributed by atoms with van der Waals surface area (Å²) in [6.45, 7) is 0. The highest BCUT2D eigenvalue weighted by molar-refractivity contribution is 5.86. The van der Waals surface area contributed by atoms with Gasteiger partial charge in [0.05, 0.1) is 13.4 Å². The number of nitrogens with zero attached hydrogens (tertiary/aromatic N) is 5. The summed E-state index contributed by atoms with van der Waals surface area (Å²) >= 11 is 0. The molecule has 2 aromatic heterocycles. The third kappa shape index (κ3) is 4.19. The molecule has 4 N–H and O–H groups in total. The van der Waals surface area contributed by atoms with E-state index in [0.717, 1.165) is 30.7 Å². The van der Waals surface area contributed by atoms with Crippen molar-refractivity contribution in [2.24, 2.45) is 0 Å². The quantitative estimate of drug-likeness (QED) is 0.415. The summed E-state index contributed by atoms with van der Waals surface area (Å²) in [6, 6.07) is 0.135. The van der Waals surface area contributed by atoms with E-state index in [1.807, 2.05) is 0 Å². The Morgan fingerprint density at radius 2 is 2.06 bits per heavy atom. The molecule has 12 nitrogen and oxygen atoms in total. The van der Waals surface area contributed by atoms with Crippen molar-refractivity contribution in [3.63, 3.8) is 0 Å². The number of carbonyl (C=O) groups excluding carboxylic acids is 1. The molecule has 1 saturated carbocycles. The second kappa shape index (κ2) is 8.75. The second-order valence-corrected chi connectivity index (χ2v) is 7.59. The molecule has 2 aromatic rings. The third-order valence-electron chi connectivity index (χ3n) is 5.56. The molecule has 1 amide bonds. The van der Waals surface area contributed by atoms with Crippen LogP contribution in [-0.2, 0) is 14.4 Å². The van der Waals surface area contributed by atoms with Crippen molar-refractivity contribution in [2.45, 2.75) is 56.3 Å². The number of nitrogen functional groups attached to an aromatic ring is 1. The van der Waals surface area contributed by atoms with E-state index in [0.29, 0.717) is 11.2 Å². The molecular weight excluding hydrogens is 408 g/mol. The SMILES string of the molecule is CON(C)C(=O)/C=C/[C@H]1O[C@@H](n2cnc3c(N)nc(OC4CCCC4)nc32)[C@H](O)[C@H]1O. The number of hydroxylamine groups is 2. The fourth-order valence-corrected chi connectivity index (χ4v) is 3.76. The van der Waals surface area contributed by atoms with Crippen LogP contribution in [-0.4, -0.2) is 79.3 Å². The first-order chi connectivity index (χ1) is 14.9. The molecule has 2 aliphatic rings. The lowest BCUT2D eigenvalue weighted by Gasteiger charge is -2.17. The van der Waals surface area contributed by atoms with E-state index in [2.05, 4.69) is 15.0 Å². The van der Waals surface area contributed by atoms with Crippen molar-refractivity contribution < 1.29 is 29.3 Å². The molecule has 4 atom stereocenters. The molecule has 4 rings (SSSR count). The summed E-state index contributed by atoms with van der Waals surface area (Å²) in [5.74, 6) is -0.298. The number of rotatable bonds is 6. The van der Waals surface area contributed by atoms with Gasteiger partial charge in [0.1, 0.15) is 24.4 Å². The van der Waals surface area contributed by atoms with Crippen molar-refractivity contribution in [1.29, 1.82) is 0 Å². The zero-order chi connectivity index (χ0) is 22.1. The Bertz CT molecular complexity index is 974. The fourth-order valence-electron chi connectivity index (χ4n) is 3.76. The average Bonchev–Trinajstić information content (AvgIpc) is 3.47. The maximum absolute atomic E-state index is 11.9. The first kappa shape index (κ1) is 21.4. The van der Waals surface area contributed by atoms with Crippen LogP contribution in [0.3, 0.4) is 0 Å². The molecule has 1 aliphatic carbocycles. The number of aromatic nitrogens is 4. The molecule has 1 aliphatic heterocycles. The Hall–Kier alpha value is -2.80. The van der Waals surface area contributed by atoms with E-state index in [1.54, 1.807) is 0 Å². The molecule has 2 fully saturated rings. The van der Waals surface area contributed by atoms with Crippen LogP contribution in [0.2, 0.25) is 0 Å². The van der Waals surface area contributed by atoms with E-state index < -0.39 is 30.4 Å². The van der Waals surface area contributed by atoms with Crippen molar-refractivity contribution in [3.8, 4) is 6.01 Å². The molecule has 1 saturated heterocycles. The molecule has 0 aromatic carbocycles. The Morgan fingerprint density at radius 3 is 2.77 bits per heavy atom. The van der Waals surface area contributed by atoms with Crippen LogP contribution in [0.1, 0.15) is 31.9 Å². The summed E-state index contributed by atoms with van der Waals surface area (Å²) in [4.78, 5) is 29.5. The summed E-state index contributed by atoms with van der Waals surface area (Å²) < 4.78 is 13.1. The number of aliphatic hydroxyl groups excluding tert-OH is 2. The van der Waals surface area contributed by atoms with Crippen molar-refractivity contribution >= 4 is 22.9 Å². The highest BCUT2D eigenvalue weighted by Crippen LogP contribution is 2.33. The van der Waals surface area contributed by atoms with Crippen LogP contribution < -0.4 is 10.5 Å². The molecule has 0 bridgehead atoms. The van der Waals surface area contributed by atoms with Gasteiger partial charge in [0.2, 0.25) is 0 Å². The normalized spacial score (nSPS) is 26.8. The standard InChI is InChI=1S/C19H26N6O6/c1-24(29-2)12(26)8-7-11-14(27)15(28)18(31-11)25-9-21-13-16(20)22-19(23-17(13)25)30-10-5-3-4-6-10/h7-11,14-15,18,27-28H,3-6H2,1-2H3,(H2,20,22,23)/b8-7+/t11-,14+,15-,18-/m1/s1. The van der Waals surface area contributed by atoms with E-state index in [-0.39, 0.29) is 17.9 Å². The molecule has 12 heteroatoms. The molecular formula is C19H26N6O6. The van der Waals surface area contributed by atoms with Crippen molar-refractivity contribution in [1.82, 2.24) is 24.6 Å². The second-order valence-electron chi connectivity index (χ2n) is 7.59. The Balaban J connectivity index is 1.58. The monoisotopic (exact) mass is 434 g/mol. The largest absolute Gasteiger partial charge is 0.460 e. The van der Waals surface area contributed by atoms with Crippen LogP contribution in [0.5, 0.6) is 6.01 Å². The van der Waals surface area contributed by atoms with Gasteiger partial charge in [-0.25, -0.2) is 10.0 Å². The molecule has 0 unspecified atom stereocenters. The van der Waals surface area contributed by atoms with E-state index in [9.17, 15) is 15.0 Å². The number of carbonyl (C=O) groups is 1. The van der Waals surface area contributed by atoms with Gasteiger partial charge in [-0.1, -0.05) is 0 Å². The van der Waals surface area contributed by atoms with Crippen molar-refractivity contribution in [3.05, 3.63) is 18.5 Å². The van der Waals surface area contributed by atoms with Gasteiger partial charge in [-0.3, -0.25) is 14.2 Å². The predicted octanol–water partition coefficient (Wildman–Crippen LogP) is -0.0749. The number of fused-ring (bicyclic) bond motifs is 1. The molecule has 31 heavy (non-hydrogen) atoms. The molecule has 3 heterocycles. The minimum Gasteiger partial charge on any atom is -0.460 e. The lowest BCUT2D eigenvalue weighted by molar-refractivity contribution is -0.162. The lowest BCUT2D eigenvalue weighted by atomic mass is 10.1. The Kier molecular flexibility index (Phi) is 6.05. The summed E-state index contributed by atoms with van der Waals surface area (Å²) in [6.07, 6.45) is 3.57. The van der Waals surface area contributed by atoms with Gasteiger partial charge in [-0.2, -0.15) is 9.97 Å². The van der Waals surface area contributed by atoms with Crippen LogP contribution in [0, 0.1) is 0 Å². The third-order valence-corrected chi connectivity index (χ3v) is 5.56. The molecule has 0 spiro atoms. The van der Waals surface area contributed by atoms with Crippen LogP contribution in [0.4, 0.5) is 5.82 Å². The van der Waals surface area contributed by atoms with Crippen molar-refractivity contribution in [2.75, 3.05) is 19.9 Å². The van der Waals surface area contributed by atoms with Gasteiger partial charge >= 0.3 is 6.01 Å². The Labute approximate surface area is 178 Å². The first-order valence-corrected chi connectivity index (χ1v) is 10.1. The number of anilines is 1. The van der Waals surface area contributed by atoms with Crippen LogP contribution in [0.15, 0.2) is 18.5 Å². The smallest absolute Gasteiger partial charge is 0.320 e. The number of hydrogen-bond acceptors (Lipinski definition) is 10. The zero-order valence-corrected chi connectivity index (χ0v) is 17.3. The van der Waals surface area contributed by atoms with Gasteiger partial charge in [0.25, 0.3) is 5.91 Å². The number of nitrogens with two attached hydrogens (primary N) is 1. The first-order valence-electron chi connectivity index (χ1n) is 10.1. The average molecular weight is 434 g/mol. The minimum atomic E-state index is -1.29. The number of hydrogen-bond donors (Lipinski definition) is 3.